The smallest absolute Gasteiger partial charge is 0.0944 e. The van der Waals surface area contributed by atoms with E-state index in [4.69, 9.17) is 4.74 Å². The van der Waals surface area contributed by atoms with E-state index in [-0.39, 0.29) is 10.9 Å². The molecular formula is C16H24O2S. The molecule has 1 rings (SSSR count). The third-order valence-corrected chi connectivity index (χ3v) is 4.66. The van der Waals surface area contributed by atoms with Crippen molar-refractivity contribution in [3.8, 4) is 0 Å². The Labute approximate surface area is 119 Å². The predicted molar refractivity (Wildman–Crippen MR) is 82.7 cm³/mol. The van der Waals surface area contributed by atoms with Gasteiger partial charge in [0.1, 0.15) is 0 Å². The summed E-state index contributed by atoms with van der Waals surface area (Å²) in [4.78, 5) is 0. The molecule has 1 aromatic rings. The predicted octanol–water partition coefficient (Wildman–Crippen LogP) is 3.87. The Kier molecular flexibility index (Phi) is 5.95. The third kappa shape index (κ3) is 5.70. The Hall–Kier alpha value is -0.930. The molecule has 0 heterocycles. The van der Waals surface area contributed by atoms with E-state index in [2.05, 4.69) is 6.58 Å². The van der Waals surface area contributed by atoms with E-state index in [1.165, 1.54) is 0 Å². The lowest BCUT2D eigenvalue weighted by Gasteiger charge is -2.23. The van der Waals surface area contributed by atoms with Gasteiger partial charge >= 0.3 is 0 Å². The highest BCUT2D eigenvalue weighted by atomic mass is 32.2. The van der Waals surface area contributed by atoms with Crippen molar-refractivity contribution in [3.05, 3.63) is 48.0 Å². The minimum atomic E-state index is -0.937. The molecule has 0 radical (unpaired) electrons. The number of hydrogen-bond donors (Lipinski definition) is 0. The fourth-order valence-electron chi connectivity index (χ4n) is 1.54. The monoisotopic (exact) mass is 280 g/mol. The average Bonchev–Trinajstić information content (AvgIpc) is 2.33. The quantitative estimate of drug-likeness (QED) is 0.739. The molecule has 0 aliphatic heterocycles. The van der Waals surface area contributed by atoms with Crippen molar-refractivity contribution in [3.63, 3.8) is 0 Å². The van der Waals surface area contributed by atoms with Gasteiger partial charge in [-0.15, -0.1) is 0 Å². The molecule has 3 heteroatoms. The molecule has 2 atom stereocenters. The Morgan fingerprint density at radius 2 is 1.89 bits per heavy atom. The van der Waals surface area contributed by atoms with Gasteiger partial charge in [0, 0.05) is 15.5 Å². The summed E-state index contributed by atoms with van der Waals surface area (Å²) in [7, 11) is -0.937. The maximum atomic E-state index is 12.3. The van der Waals surface area contributed by atoms with Gasteiger partial charge in [0.25, 0.3) is 0 Å². The Balaban J connectivity index is 2.81. The van der Waals surface area contributed by atoms with Crippen molar-refractivity contribution in [2.75, 3.05) is 12.4 Å². The summed E-state index contributed by atoms with van der Waals surface area (Å²) >= 11 is 0. The summed E-state index contributed by atoms with van der Waals surface area (Å²) in [5, 5.41) is 0. The van der Waals surface area contributed by atoms with Crippen molar-refractivity contribution < 1.29 is 8.95 Å². The van der Waals surface area contributed by atoms with E-state index in [1.807, 2.05) is 58.0 Å². The van der Waals surface area contributed by atoms with Crippen molar-refractivity contribution >= 4 is 10.8 Å². The van der Waals surface area contributed by atoms with Crippen LogP contribution < -0.4 is 0 Å². The summed E-state index contributed by atoms with van der Waals surface area (Å²) in [6.45, 7) is 12.3. The van der Waals surface area contributed by atoms with Crippen LogP contribution in [0.15, 0.2) is 42.5 Å². The van der Waals surface area contributed by atoms with Crippen LogP contribution in [0, 0.1) is 0 Å². The van der Waals surface area contributed by atoms with E-state index in [0.29, 0.717) is 12.4 Å². The molecule has 0 amide bonds. The number of ether oxygens (including phenoxy) is 1. The first-order chi connectivity index (χ1) is 8.80. The standard InChI is InChI=1S/C16H24O2S/c1-13(2)11-18-15(12-19(17)16(3,4)5)14-9-7-6-8-10-14/h6-10,15H,1,11-12H2,2-5H3/t15-,19?/m0/s1. The third-order valence-electron chi connectivity index (χ3n) is 2.69. The van der Waals surface area contributed by atoms with Crippen LogP contribution in [0.25, 0.3) is 0 Å². The zero-order valence-electron chi connectivity index (χ0n) is 12.3. The lowest BCUT2D eigenvalue weighted by Crippen LogP contribution is -2.27. The average molecular weight is 280 g/mol. The first-order valence-corrected chi connectivity index (χ1v) is 7.82. The molecular weight excluding hydrogens is 256 g/mol. The first kappa shape index (κ1) is 16.1. The molecule has 2 nitrogen and oxygen atoms in total. The molecule has 0 spiro atoms. The van der Waals surface area contributed by atoms with Crippen LogP contribution >= 0.6 is 0 Å². The second-order valence-electron chi connectivity index (χ2n) is 5.79. The minimum Gasteiger partial charge on any atom is -0.368 e. The van der Waals surface area contributed by atoms with Crippen LogP contribution in [-0.2, 0) is 15.5 Å². The summed E-state index contributed by atoms with van der Waals surface area (Å²) in [6.07, 6.45) is -0.141. The summed E-state index contributed by atoms with van der Waals surface area (Å²) in [5.41, 5.74) is 2.05. The summed E-state index contributed by atoms with van der Waals surface area (Å²) in [6, 6.07) is 9.96. The van der Waals surface area contributed by atoms with E-state index in [0.717, 1.165) is 11.1 Å². The highest BCUT2D eigenvalue weighted by Crippen LogP contribution is 2.23. The molecule has 0 saturated heterocycles. The van der Waals surface area contributed by atoms with E-state index in [1.54, 1.807) is 0 Å². The number of hydrogen-bond acceptors (Lipinski definition) is 2. The maximum Gasteiger partial charge on any atom is 0.0944 e. The molecule has 1 aromatic carbocycles. The molecule has 0 bridgehead atoms. The van der Waals surface area contributed by atoms with Crippen molar-refractivity contribution in [1.29, 1.82) is 0 Å². The van der Waals surface area contributed by atoms with Crippen molar-refractivity contribution in [1.82, 2.24) is 0 Å². The molecule has 0 aliphatic rings. The van der Waals surface area contributed by atoms with Gasteiger partial charge in [0.15, 0.2) is 0 Å². The van der Waals surface area contributed by atoms with Crippen LogP contribution in [0.4, 0.5) is 0 Å². The highest BCUT2D eigenvalue weighted by Gasteiger charge is 2.24. The fraction of sp³-hybridized carbons (Fsp3) is 0.500. The highest BCUT2D eigenvalue weighted by molar-refractivity contribution is 7.86. The topological polar surface area (TPSA) is 26.3 Å². The van der Waals surface area contributed by atoms with Gasteiger partial charge in [0.2, 0.25) is 0 Å². The largest absolute Gasteiger partial charge is 0.368 e. The molecule has 1 unspecified atom stereocenters. The van der Waals surface area contributed by atoms with Gasteiger partial charge in [-0.3, -0.25) is 4.21 Å². The van der Waals surface area contributed by atoms with E-state index < -0.39 is 10.8 Å². The Bertz CT molecular complexity index is 432. The normalized spacial score (nSPS) is 14.9. The SMILES string of the molecule is C=C(C)CO[C@@H](CS(=O)C(C)(C)C)c1ccccc1. The maximum absolute atomic E-state index is 12.3. The minimum absolute atomic E-state index is 0.141. The van der Waals surface area contributed by atoms with Crippen LogP contribution in [0.3, 0.4) is 0 Å². The Morgan fingerprint density at radius 3 is 2.37 bits per heavy atom. The van der Waals surface area contributed by atoms with Gasteiger partial charge < -0.3 is 4.74 Å². The zero-order valence-corrected chi connectivity index (χ0v) is 13.1. The summed E-state index contributed by atoms with van der Waals surface area (Å²) < 4.78 is 17.9. The van der Waals surface area contributed by atoms with Gasteiger partial charge in [0.05, 0.1) is 18.5 Å². The van der Waals surface area contributed by atoms with Gasteiger partial charge in [-0.25, -0.2) is 0 Å². The van der Waals surface area contributed by atoms with E-state index in [9.17, 15) is 4.21 Å². The molecule has 0 saturated carbocycles. The zero-order chi connectivity index (χ0) is 14.5. The van der Waals surface area contributed by atoms with Crippen molar-refractivity contribution in [2.24, 2.45) is 0 Å². The molecule has 19 heavy (non-hydrogen) atoms. The molecule has 0 aliphatic carbocycles. The van der Waals surface area contributed by atoms with Crippen LogP contribution in [0.2, 0.25) is 0 Å². The summed E-state index contributed by atoms with van der Waals surface area (Å²) in [5.74, 6) is 0.515. The fourth-order valence-corrected chi connectivity index (χ4v) is 2.60. The lowest BCUT2D eigenvalue weighted by molar-refractivity contribution is 0.0864. The second kappa shape index (κ2) is 7.01. The number of rotatable bonds is 6. The molecule has 0 N–H and O–H groups in total. The van der Waals surface area contributed by atoms with Gasteiger partial charge in [-0.05, 0) is 33.3 Å². The lowest BCUT2D eigenvalue weighted by atomic mass is 10.1. The second-order valence-corrected chi connectivity index (χ2v) is 8.04. The van der Waals surface area contributed by atoms with Crippen LogP contribution in [0.5, 0.6) is 0 Å². The molecule has 0 fully saturated rings. The molecule has 106 valence electrons. The van der Waals surface area contributed by atoms with Gasteiger partial charge in [-0.2, -0.15) is 0 Å². The van der Waals surface area contributed by atoms with E-state index >= 15 is 0 Å². The molecule has 0 aromatic heterocycles. The number of benzene rings is 1. The van der Waals surface area contributed by atoms with Crippen molar-refractivity contribution in [2.45, 2.75) is 38.5 Å². The first-order valence-electron chi connectivity index (χ1n) is 6.50. The Morgan fingerprint density at radius 1 is 1.32 bits per heavy atom. The van der Waals surface area contributed by atoms with Crippen LogP contribution in [0.1, 0.15) is 39.4 Å². The van der Waals surface area contributed by atoms with Crippen LogP contribution in [-0.4, -0.2) is 21.3 Å². The van der Waals surface area contributed by atoms with Gasteiger partial charge in [-0.1, -0.05) is 42.5 Å².